The zero-order chi connectivity index (χ0) is 21.5. The van der Waals surface area contributed by atoms with Gasteiger partial charge in [0.2, 0.25) is 5.91 Å². The fourth-order valence-corrected chi connectivity index (χ4v) is 5.63. The Morgan fingerprint density at radius 3 is 2.19 bits per heavy atom. The van der Waals surface area contributed by atoms with Crippen LogP contribution < -0.4 is 5.32 Å². The number of para-hydroxylation sites is 1. The van der Waals surface area contributed by atoms with Gasteiger partial charge in [0, 0.05) is 24.6 Å². The number of rotatable bonds is 5. The van der Waals surface area contributed by atoms with Crippen molar-refractivity contribution < 1.29 is 4.79 Å². The summed E-state index contributed by atoms with van der Waals surface area (Å²) in [7, 11) is 0. The maximum atomic E-state index is 12.8. The molecule has 4 heteroatoms. The fraction of sp³-hybridized carbons (Fsp3) is 0.214. The van der Waals surface area contributed by atoms with Gasteiger partial charge in [-0.25, -0.2) is 4.68 Å². The van der Waals surface area contributed by atoms with E-state index in [1.54, 1.807) is 6.20 Å². The van der Waals surface area contributed by atoms with Crippen molar-refractivity contribution in [2.75, 3.05) is 6.54 Å². The minimum Gasteiger partial charge on any atom is -0.356 e. The van der Waals surface area contributed by atoms with Crippen LogP contribution in [0.3, 0.4) is 0 Å². The van der Waals surface area contributed by atoms with Crippen LogP contribution in [0.2, 0.25) is 0 Å². The number of carbonyl (C=O) groups excluding carboxylic acids is 1. The lowest BCUT2D eigenvalue weighted by molar-refractivity contribution is -0.120. The number of amides is 1. The molecule has 1 aromatic heterocycles. The summed E-state index contributed by atoms with van der Waals surface area (Å²) in [5.41, 5.74) is 7.72. The van der Waals surface area contributed by atoms with E-state index in [2.05, 4.69) is 58.9 Å². The first-order valence-electron chi connectivity index (χ1n) is 11.3. The van der Waals surface area contributed by atoms with Crippen LogP contribution in [-0.4, -0.2) is 22.2 Å². The van der Waals surface area contributed by atoms with Crippen LogP contribution >= 0.6 is 0 Å². The normalized spacial score (nSPS) is 20.4. The van der Waals surface area contributed by atoms with Crippen molar-refractivity contribution in [3.63, 3.8) is 0 Å². The predicted octanol–water partition coefficient (Wildman–Crippen LogP) is 4.83. The molecule has 0 saturated carbocycles. The third-order valence-electron chi connectivity index (χ3n) is 7.01. The highest BCUT2D eigenvalue weighted by Gasteiger charge is 2.42. The average molecular weight is 420 g/mol. The predicted molar refractivity (Wildman–Crippen MR) is 125 cm³/mol. The van der Waals surface area contributed by atoms with Gasteiger partial charge in [0.25, 0.3) is 0 Å². The molecule has 7 rings (SSSR count). The largest absolute Gasteiger partial charge is 0.356 e. The molecule has 3 aliphatic rings. The van der Waals surface area contributed by atoms with Crippen LogP contribution in [0.1, 0.15) is 46.1 Å². The van der Waals surface area contributed by atoms with E-state index >= 15 is 0 Å². The highest BCUT2D eigenvalue weighted by atomic mass is 16.1. The monoisotopic (exact) mass is 419 g/mol. The smallest absolute Gasteiger partial charge is 0.224 e. The highest BCUT2D eigenvalue weighted by molar-refractivity contribution is 5.78. The van der Waals surface area contributed by atoms with E-state index in [-0.39, 0.29) is 5.91 Å². The molecule has 0 spiro atoms. The van der Waals surface area contributed by atoms with Gasteiger partial charge in [-0.3, -0.25) is 4.79 Å². The molecule has 1 heterocycles. The Kier molecular flexibility index (Phi) is 4.64. The fourth-order valence-electron chi connectivity index (χ4n) is 5.63. The SMILES string of the molecule is O=C(Cc1cnn(-c2ccccc2)c1)NCC1CC2c3ccccc3C1c1ccccc12. The summed E-state index contributed by atoms with van der Waals surface area (Å²) in [6.45, 7) is 0.704. The van der Waals surface area contributed by atoms with Gasteiger partial charge in [-0.15, -0.1) is 0 Å². The quantitative estimate of drug-likeness (QED) is 0.504. The highest BCUT2D eigenvalue weighted by Crippen LogP contribution is 2.55. The summed E-state index contributed by atoms with van der Waals surface area (Å²) in [5, 5.41) is 7.63. The number of hydrogen-bond acceptors (Lipinski definition) is 2. The van der Waals surface area contributed by atoms with Crippen molar-refractivity contribution in [2.45, 2.75) is 24.7 Å². The van der Waals surface area contributed by atoms with Gasteiger partial charge in [-0.1, -0.05) is 66.7 Å². The van der Waals surface area contributed by atoms with E-state index in [0.29, 0.717) is 30.7 Å². The van der Waals surface area contributed by atoms with Crippen LogP contribution in [0, 0.1) is 5.92 Å². The second-order valence-corrected chi connectivity index (χ2v) is 8.89. The molecule has 0 radical (unpaired) electrons. The van der Waals surface area contributed by atoms with Crippen molar-refractivity contribution in [2.24, 2.45) is 5.92 Å². The molecule has 4 nitrogen and oxygen atoms in total. The van der Waals surface area contributed by atoms with Gasteiger partial charge < -0.3 is 5.32 Å². The van der Waals surface area contributed by atoms with E-state index in [1.165, 1.54) is 22.3 Å². The topological polar surface area (TPSA) is 46.9 Å². The van der Waals surface area contributed by atoms with Gasteiger partial charge in [0.05, 0.1) is 18.3 Å². The molecular weight excluding hydrogens is 394 g/mol. The number of fused-ring (bicyclic) bond motifs is 1. The zero-order valence-electron chi connectivity index (χ0n) is 17.8. The molecule has 0 fully saturated rings. The first-order valence-corrected chi connectivity index (χ1v) is 11.3. The minimum atomic E-state index is 0.0561. The van der Waals surface area contributed by atoms with Crippen molar-refractivity contribution in [3.8, 4) is 5.69 Å². The Morgan fingerprint density at radius 1 is 0.875 bits per heavy atom. The van der Waals surface area contributed by atoms with Crippen LogP contribution in [-0.2, 0) is 11.2 Å². The molecule has 2 bridgehead atoms. The maximum Gasteiger partial charge on any atom is 0.224 e. The molecule has 1 amide bonds. The Morgan fingerprint density at radius 2 is 1.50 bits per heavy atom. The average Bonchev–Trinajstić information content (AvgIpc) is 3.32. The lowest BCUT2D eigenvalue weighted by Crippen LogP contribution is -2.39. The second kappa shape index (κ2) is 7.79. The number of nitrogens with zero attached hydrogens (tertiary/aromatic N) is 2. The first kappa shape index (κ1) is 19.1. The summed E-state index contributed by atoms with van der Waals surface area (Å²) < 4.78 is 1.82. The zero-order valence-corrected chi connectivity index (χ0v) is 17.8. The Hall–Kier alpha value is -3.66. The van der Waals surface area contributed by atoms with Crippen molar-refractivity contribution in [1.82, 2.24) is 15.1 Å². The van der Waals surface area contributed by atoms with Crippen LogP contribution in [0.25, 0.3) is 5.69 Å². The van der Waals surface area contributed by atoms with Crippen molar-refractivity contribution >= 4 is 5.91 Å². The molecule has 158 valence electrons. The molecule has 0 aliphatic heterocycles. The molecule has 32 heavy (non-hydrogen) atoms. The molecule has 1 atom stereocenters. The lowest BCUT2D eigenvalue weighted by atomic mass is 9.59. The minimum absolute atomic E-state index is 0.0561. The van der Waals surface area contributed by atoms with E-state index in [1.807, 2.05) is 41.2 Å². The van der Waals surface area contributed by atoms with Crippen LogP contribution in [0.4, 0.5) is 0 Å². The third-order valence-corrected chi connectivity index (χ3v) is 7.01. The van der Waals surface area contributed by atoms with E-state index in [4.69, 9.17) is 0 Å². The first-order chi connectivity index (χ1) is 15.8. The number of carbonyl (C=O) groups is 1. The summed E-state index contributed by atoms with van der Waals surface area (Å²) in [5.74, 6) is 1.26. The third kappa shape index (κ3) is 3.23. The molecular formula is C28H25N3O. The maximum absolute atomic E-state index is 12.8. The summed E-state index contributed by atoms with van der Waals surface area (Å²) in [6, 6.07) is 27.6. The summed E-state index contributed by atoms with van der Waals surface area (Å²) in [6.07, 6.45) is 5.15. The molecule has 1 unspecified atom stereocenters. The number of aromatic nitrogens is 2. The Balaban J connectivity index is 1.16. The van der Waals surface area contributed by atoms with Gasteiger partial charge in [-0.2, -0.15) is 5.10 Å². The molecule has 4 aromatic rings. The van der Waals surface area contributed by atoms with Crippen LogP contribution in [0.5, 0.6) is 0 Å². The Bertz CT molecular complexity index is 1230. The van der Waals surface area contributed by atoms with Gasteiger partial charge in [0.1, 0.15) is 0 Å². The number of hydrogen-bond donors (Lipinski definition) is 1. The van der Waals surface area contributed by atoms with Gasteiger partial charge >= 0.3 is 0 Å². The van der Waals surface area contributed by atoms with Gasteiger partial charge in [-0.05, 0) is 52.3 Å². The number of nitrogens with one attached hydrogen (secondary N) is 1. The Labute approximate surface area is 187 Å². The second-order valence-electron chi connectivity index (χ2n) is 8.89. The standard InChI is InChI=1S/C28H25N3O/c32-27(14-19-16-30-31(18-19)21-8-2-1-3-9-21)29-17-20-15-26-22-10-4-6-12-24(22)28(20)25-13-7-5-11-23(25)26/h1-13,16,18,20,26,28H,14-15,17H2,(H,29,32). The molecule has 3 aromatic carbocycles. The van der Waals surface area contributed by atoms with E-state index in [0.717, 1.165) is 17.7 Å². The lowest BCUT2D eigenvalue weighted by Gasteiger charge is -2.45. The summed E-state index contributed by atoms with van der Waals surface area (Å²) >= 11 is 0. The van der Waals surface area contributed by atoms with Crippen molar-refractivity contribution in [1.29, 1.82) is 0 Å². The molecule has 3 aliphatic carbocycles. The number of benzene rings is 3. The van der Waals surface area contributed by atoms with Crippen LogP contribution in [0.15, 0.2) is 91.3 Å². The molecule has 0 saturated heterocycles. The van der Waals surface area contributed by atoms with E-state index in [9.17, 15) is 4.79 Å². The molecule has 1 N–H and O–H groups in total. The van der Waals surface area contributed by atoms with E-state index < -0.39 is 0 Å². The van der Waals surface area contributed by atoms with Gasteiger partial charge in [0.15, 0.2) is 0 Å². The summed E-state index contributed by atoms with van der Waals surface area (Å²) in [4.78, 5) is 12.8. The van der Waals surface area contributed by atoms with Crippen molar-refractivity contribution in [3.05, 3.63) is 119 Å².